The van der Waals surface area contributed by atoms with Crippen LogP contribution in [0.1, 0.15) is 45.2 Å². The summed E-state index contributed by atoms with van der Waals surface area (Å²) in [4.78, 5) is 9.78. The molecule has 6 nitrogen and oxygen atoms in total. The first kappa shape index (κ1) is 24.5. The molecule has 0 saturated carbocycles. The SMILES string of the molecule is CCNC(=NCc1ccc(C)cc1OCCC(C)C)NCC(C)N1CCN(C)CC1. The van der Waals surface area contributed by atoms with Crippen molar-refractivity contribution in [3.05, 3.63) is 29.3 Å². The van der Waals surface area contributed by atoms with Crippen LogP contribution in [0.4, 0.5) is 0 Å². The monoisotopic (exact) mass is 417 g/mol. The summed E-state index contributed by atoms with van der Waals surface area (Å²) in [5.41, 5.74) is 2.35. The van der Waals surface area contributed by atoms with Crippen LogP contribution in [0.25, 0.3) is 0 Å². The molecule has 1 heterocycles. The van der Waals surface area contributed by atoms with Crippen molar-refractivity contribution in [1.29, 1.82) is 0 Å². The van der Waals surface area contributed by atoms with Crippen LogP contribution in [-0.4, -0.2) is 74.7 Å². The van der Waals surface area contributed by atoms with E-state index in [1.807, 2.05) is 0 Å². The van der Waals surface area contributed by atoms with Gasteiger partial charge in [-0.2, -0.15) is 0 Å². The van der Waals surface area contributed by atoms with Crippen LogP contribution < -0.4 is 15.4 Å². The molecule has 6 heteroatoms. The standard InChI is InChI=1S/C24H43N5O/c1-7-25-24(26-17-21(5)29-13-11-28(6)12-14-29)27-18-22-9-8-20(4)16-23(22)30-15-10-19(2)3/h8-9,16,19,21H,7,10-15,17-18H2,1-6H3,(H2,25,26,27). The highest BCUT2D eigenvalue weighted by molar-refractivity contribution is 5.79. The number of guanidine groups is 1. The van der Waals surface area contributed by atoms with Gasteiger partial charge in [0.05, 0.1) is 13.2 Å². The molecule has 1 aliphatic heterocycles. The molecule has 1 fully saturated rings. The van der Waals surface area contributed by atoms with E-state index in [-0.39, 0.29) is 0 Å². The Kier molecular flexibility index (Phi) is 10.4. The fourth-order valence-corrected chi connectivity index (χ4v) is 3.47. The molecule has 1 saturated heterocycles. The van der Waals surface area contributed by atoms with Crippen molar-refractivity contribution in [2.75, 3.05) is 52.9 Å². The van der Waals surface area contributed by atoms with Gasteiger partial charge >= 0.3 is 0 Å². The second kappa shape index (κ2) is 12.8. The van der Waals surface area contributed by atoms with Gasteiger partial charge < -0.3 is 20.3 Å². The van der Waals surface area contributed by atoms with E-state index in [0.29, 0.717) is 18.5 Å². The molecule has 0 bridgehead atoms. The van der Waals surface area contributed by atoms with E-state index >= 15 is 0 Å². The maximum atomic E-state index is 6.09. The molecule has 1 aromatic rings. The van der Waals surface area contributed by atoms with Gasteiger partial charge in [0.2, 0.25) is 0 Å². The van der Waals surface area contributed by atoms with E-state index < -0.39 is 0 Å². The van der Waals surface area contributed by atoms with E-state index in [4.69, 9.17) is 9.73 Å². The second-order valence-electron chi connectivity index (χ2n) is 8.91. The van der Waals surface area contributed by atoms with Crippen molar-refractivity contribution in [2.24, 2.45) is 10.9 Å². The Morgan fingerprint density at radius 1 is 1.13 bits per heavy atom. The number of ether oxygens (including phenoxy) is 1. The fourth-order valence-electron chi connectivity index (χ4n) is 3.47. The number of benzene rings is 1. The van der Waals surface area contributed by atoms with E-state index in [9.17, 15) is 0 Å². The zero-order valence-corrected chi connectivity index (χ0v) is 20.0. The molecular formula is C24H43N5O. The Morgan fingerprint density at radius 2 is 1.87 bits per heavy atom. The van der Waals surface area contributed by atoms with Crippen LogP contribution in [0.5, 0.6) is 5.75 Å². The Labute approximate surface area is 184 Å². The number of hydrogen-bond acceptors (Lipinski definition) is 4. The molecule has 0 radical (unpaired) electrons. The fraction of sp³-hybridized carbons (Fsp3) is 0.708. The summed E-state index contributed by atoms with van der Waals surface area (Å²) in [6.07, 6.45) is 1.06. The van der Waals surface area contributed by atoms with E-state index in [0.717, 1.165) is 69.6 Å². The first-order valence-corrected chi connectivity index (χ1v) is 11.6. The number of nitrogens with zero attached hydrogens (tertiary/aromatic N) is 3. The minimum atomic E-state index is 0.483. The van der Waals surface area contributed by atoms with Crippen LogP contribution in [-0.2, 0) is 6.54 Å². The molecule has 0 spiro atoms. The summed E-state index contributed by atoms with van der Waals surface area (Å²) in [7, 11) is 2.20. The molecule has 1 aromatic carbocycles. The average Bonchev–Trinajstić information content (AvgIpc) is 2.71. The summed E-state index contributed by atoms with van der Waals surface area (Å²) in [6.45, 7) is 18.6. The second-order valence-corrected chi connectivity index (χ2v) is 8.91. The van der Waals surface area contributed by atoms with Crippen LogP contribution in [0, 0.1) is 12.8 Å². The van der Waals surface area contributed by atoms with Crippen LogP contribution in [0.15, 0.2) is 23.2 Å². The molecular weight excluding hydrogens is 374 g/mol. The largest absolute Gasteiger partial charge is 0.493 e. The van der Waals surface area contributed by atoms with Gasteiger partial charge in [0.1, 0.15) is 5.75 Å². The smallest absolute Gasteiger partial charge is 0.191 e. The lowest BCUT2D eigenvalue weighted by Gasteiger charge is -2.36. The Bertz CT molecular complexity index is 653. The number of aliphatic imine (C=N–C) groups is 1. The van der Waals surface area contributed by atoms with Gasteiger partial charge in [-0.15, -0.1) is 0 Å². The molecule has 0 aromatic heterocycles. The average molecular weight is 418 g/mol. The highest BCUT2D eigenvalue weighted by Gasteiger charge is 2.19. The van der Waals surface area contributed by atoms with Gasteiger partial charge in [-0.3, -0.25) is 4.90 Å². The summed E-state index contributed by atoms with van der Waals surface area (Å²) in [5.74, 6) is 2.47. The maximum Gasteiger partial charge on any atom is 0.191 e. The topological polar surface area (TPSA) is 52.1 Å². The number of nitrogens with one attached hydrogen (secondary N) is 2. The Balaban J connectivity index is 1.94. The first-order valence-electron chi connectivity index (χ1n) is 11.6. The third-order valence-corrected chi connectivity index (χ3v) is 5.65. The summed E-state index contributed by atoms with van der Waals surface area (Å²) in [6, 6.07) is 6.88. The molecule has 0 amide bonds. The van der Waals surface area contributed by atoms with Gasteiger partial charge in [0.15, 0.2) is 5.96 Å². The minimum Gasteiger partial charge on any atom is -0.493 e. The lowest BCUT2D eigenvalue weighted by molar-refractivity contribution is 0.120. The molecule has 1 unspecified atom stereocenters. The van der Waals surface area contributed by atoms with E-state index in [2.05, 4.69) is 80.3 Å². The predicted molar refractivity (Wildman–Crippen MR) is 127 cm³/mol. The van der Waals surface area contributed by atoms with Crippen molar-refractivity contribution < 1.29 is 4.74 Å². The van der Waals surface area contributed by atoms with Crippen molar-refractivity contribution >= 4 is 5.96 Å². The van der Waals surface area contributed by atoms with Crippen LogP contribution in [0.3, 0.4) is 0 Å². The lowest BCUT2D eigenvalue weighted by Crippen LogP contribution is -2.52. The number of rotatable bonds is 10. The van der Waals surface area contributed by atoms with Gasteiger partial charge in [0, 0.05) is 50.9 Å². The quantitative estimate of drug-likeness (QED) is 0.453. The zero-order valence-electron chi connectivity index (χ0n) is 20.0. The third-order valence-electron chi connectivity index (χ3n) is 5.65. The van der Waals surface area contributed by atoms with E-state index in [1.165, 1.54) is 5.56 Å². The zero-order chi connectivity index (χ0) is 21.9. The highest BCUT2D eigenvalue weighted by atomic mass is 16.5. The van der Waals surface area contributed by atoms with Gasteiger partial charge in [-0.05, 0) is 51.8 Å². The Hall–Kier alpha value is -1.79. The summed E-state index contributed by atoms with van der Waals surface area (Å²) >= 11 is 0. The lowest BCUT2D eigenvalue weighted by atomic mass is 10.1. The summed E-state index contributed by atoms with van der Waals surface area (Å²) in [5, 5.41) is 6.91. The van der Waals surface area contributed by atoms with Gasteiger partial charge in [-0.1, -0.05) is 26.0 Å². The number of likely N-dealkylation sites (N-methyl/N-ethyl adjacent to an activating group) is 1. The molecule has 30 heavy (non-hydrogen) atoms. The number of piperazine rings is 1. The number of aryl methyl sites for hydroxylation is 1. The molecule has 1 aliphatic rings. The van der Waals surface area contributed by atoms with Crippen molar-refractivity contribution in [3.8, 4) is 5.75 Å². The molecule has 1 atom stereocenters. The van der Waals surface area contributed by atoms with Crippen LogP contribution >= 0.6 is 0 Å². The van der Waals surface area contributed by atoms with E-state index in [1.54, 1.807) is 0 Å². The molecule has 2 N–H and O–H groups in total. The molecule has 2 rings (SSSR count). The normalized spacial score (nSPS) is 17.2. The van der Waals surface area contributed by atoms with Gasteiger partial charge in [0.25, 0.3) is 0 Å². The van der Waals surface area contributed by atoms with Crippen molar-refractivity contribution in [3.63, 3.8) is 0 Å². The molecule has 0 aliphatic carbocycles. The highest BCUT2D eigenvalue weighted by Crippen LogP contribution is 2.22. The minimum absolute atomic E-state index is 0.483. The van der Waals surface area contributed by atoms with Crippen molar-refractivity contribution in [1.82, 2.24) is 20.4 Å². The summed E-state index contributed by atoms with van der Waals surface area (Å²) < 4.78 is 6.09. The predicted octanol–water partition coefficient (Wildman–Crippen LogP) is 3.11. The first-order chi connectivity index (χ1) is 14.4. The molecule has 170 valence electrons. The van der Waals surface area contributed by atoms with Gasteiger partial charge in [-0.25, -0.2) is 4.99 Å². The number of hydrogen-bond donors (Lipinski definition) is 2. The third kappa shape index (κ3) is 8.52. The maximum absolute atomic E-state index is 6.09. The Morgan fingerprint density at radius 3 is 2.53 bits per heavy atom. The van der Waals surface area contributed by atoms with Crippen molar-refractivity contribution in [2.45, 2.75) is 53.6 Å². The van der Waals surface area contributed by atoms with Crippen LogP contribution in [0.2, 0.25) is 0 Å².